The van der Waals surface area contributed by atoms with Crippen LogP contribution in [0.3, 0.4) is 0 Å². The van der Waals surface area contributed by atoms with E-state index in [0.717, 1.165) is 12.1 Å². The molecular formula is C14H10F3NO. The van der Waals surface area contributed by atoms with E-state index in [-0.39, 0.29) is 11.3 Å². The number of amides is 1. The molecule has 19 heavy (non-hydrogen) atoms. The van der Waals surface area contributed by atoms with Crippen LogP contribution in [0.25, 0.3) is 0 Å². The number of nitrogens with one attached hydrogen (secondary N) is 1. The highest BCUT2D eigenvalue weighted by Gasteiger charge is 2.12. The van der Waals surface area contributed by atoms with Gasteiger partial charge in [-0.2, -0.15) is 0 Å². The van der Waals surface area contributed by atoms with Crippen LogP contribution in [0.4, 0.5) is 18.9 Å². The summed E-state index contributed by atoms with van der Waals surface area (Å²) < 4.78 is 39.4. The topological polar surface area (TPSA) is 29.1 Å². The van der Waals surface area contributed by atoms with Gasteiger partial charge in [-0.05, 0) is 36.8 Å². The van der Waals surface area contributed by atoms with Gasteiger partial charge in [-0.3, -0.25) is 4.79 Å². The van der Waals surface area contributed by atoms with Crippen LogP contribution in [0.15, 0.2) is 36.4 Å². The van der Waals surface area contributed by atoms with Crippen LogP contribution in [0.1, 0.15) is 15.9 Å². The third-order valence-electron chi connectivity index (χ3n) is 2.49. The molecule has 0 radical (unpaired) electrons. The summed E-state index contributed by atoms with van der Waals surface area (Å²) in [4.78, 5) is 11.8. The molecule has 0 bridgehead atoms. The van der Waals surface area contributed by atoms with Gasteiger partial charge in [-0.25, -0.2) is 13.2 Å². The van der Waals surface area contributed by atoms with Crippen LogP contribution < -0.4 is 5.32 Å². The average Bonchev–Trinajstić information content (AvgIpc) is 2.26. The first-order chi connectivity index (χ1) is 8.95. The number of carbonyl (C=O) groups excluding carboxylic acids is 1. The fourth-order valence-electron chi connectivity index (χ4n) is 1.63. The SMILES string of the molecule is Cc1ccc(C(=O)Nc2cc(F)cc(F)c2)c(F)c1. The van der Waals surface area contributed by atoms with Crippen molar-refractivity contribution < 1.29 is 18.0 Å². The van der Waals surface area contributed by atoms with Crippen molar-refractivity contribution in [1.29, 1.82) is 0 Å². The van der Waals surface area contributed by atoms with E-state index in [1.807, 2.05) is 0 Å². The van der Waals surface area contributed by atoms with Crippen molar-refractivity contribution in [3.63, 3.8) is 0 Å². The first-order valence-corrected chi connectivity index (χ1v) is 5.49. The number of hydrogen-bond donors (Lipinski definition) is 1. The molecule has 1 amide bonds. The molecule has 0 spiro atoms. The van der Waals surface area contributed by atoms with Crippen molar-refractivity contribution in [2.75, 3.05) is 5.32 Å². The Bertz CT molecular complexity index is 620. The van der Waals surface area contributed by atoms with Crippen LogP contribution in [0, 0.1) is 24.4 Å². The van der Waals surface area contributed by atoms with E-state index in [2.05, 4.69) is 5.32 Å². The van der Waals surface area contributed by atoms with E-state index < -0.39 is 23.4 Å². The lowest BCUT2D eigenvalue weighted by molar-refractivity contribution is 0.102. The first-order valence-electron chi connectivity index (χ1n) is 5.49. The summed E-state index contributed by atoms with van der Waals surface area (Å²) in [7, 11) is 0. The minimum absolute atomic E-state index is 0.0672. The minimum atomic E-state index is -0.820. The zero-order chi connectivity index (χ0) is 14.0. The molecule has 2 nitrogen and oxygen atoms in total. The number of rotatable bonds is 2. The molecule has 2 aromatic carbocycles. The van der Waals surface area contributed by atoms with E-state index in [0.29, 0.717) is 11.6 Å². The molecule has 0 fully saturated rings. The molecule has 2 rings (SSSR count). The largest absolute Gasteiger partial charge is 0.322 e. The monoisotopic (exact) mass is 265 g/mol. The molecule has 1 N–H and O–H groups in total. The highest BCUT2D eigenvalue weighted by molar-refractivity contribution is 6.04. The first kappa shape index (κ1) is 13.1. The van der Waals surface area contributed by atoms with Crippen molar-refractivity contribution in [3.05, 3.63) is 65.0 Å². The number of hydrogen-bond acceptors (Lipinski definition) is 1. The Morgan fingerprint density at radius 2 is 1.63 bits per heavy atom. The summed E-state index contributed by atoms with van der Waals surface area (Å²) in [6, 6.07) is 6.68. The van der Waals surface area contributed by atoms with Crippen LogP contribution in [0.5, 0.6) is 0 Å². The maximum Gasteiger partial charge on any atom is 0.258 e. The summed E-state index contributed by atoms with van der Waals surface area (Å²) in [6.45, 7) is 1.69. The molecule has 0 saturated carbocycles. The summed E-state index contributed by atoms with van der Waals surface area (Å²) in [5.74, 6) is -3.09. The van der Waals surface area contributed by atoms with Crippen molar-refractivity contribution in [2.45, 2.75) is 6.92 Å². The van der Waals surface area contributed by atoms with Gasteiger partial charge in [0.25, 0.3) is 5.91 Å². The predicted octanol–water partition coefficient (Wildman–Crippen LogP) is 3.66. The number of carbonyl (C=O) groups is 1. The standard InChI is InChI=1S/C14H10F3NO/c1-8-2-3-12(13(17)4-8)14(19)18-11-6-9(15)5-10(16)7-11/h2-7H,1H3,(H,18,19). The molecule has 2 aromatic rings. The van der Waals surface area contributed by atoms with Gasteiger partial charge in [0.2, 0.25) is 0 Å². The van der Waals surface area contributed by atoms with Gasteiger partial charge in [0.15, 0.2) is 0 Å². The van der Waals surface area contributed by atoms with Gasteiger partial charge in [0.1, 0.15) is 17.5 Å². The highest BCUT2D eigenvalue weighted by atomic mass is 19.1. The Kier molecular flexibility index (Phi) is 3.55. The Balaban J connectivity index is 2.25. The lowest BCUT2D eigenvalue weighted by atomic mass is 10.1. The van der Waals surface area contributed by atoms with E-state index in [9.17, 15) is 18.0 Å². The van der Waals surface area contributed by atoms with Crippen molar-refractivity contribution >= 4 is 11.6 Å². The van der Waals surface area contributed by atoms with Gasteiger partial charge in [-0.15, -0.1) is 0 Å². The van der Waals surface area contributed by atoms with Crippen LogP contribution in [-0.2, 0) is 0 Å². The zero-order valence-corrected chi connectivity index (χ0v) is 10.0. The molecule has 5 heteroatoms. The molecule has 0 saturated heterocycles. The van der Waals surface area contributed by atoms with Gasteiger partial charge in [0.05, 0.1) is 5.56 Å². The summed E-state index contributed by atoms with van der Waals surface area (Å²) in [5, 5.41) is 2.24. The Morgan fingerprint density at radius 1 is 1.00 bits per heavy atom. The lowest BCUT2D eigenvalue weighted by Gasteiger charge is -2.07. The average molecular weight is 265 g/mol. The molecule has 0 aromatic heterocycles. The van der Waals surface area contributed by atoms with Crippen molar-refractivity contribution in [3.8, 4) is 0 Å². The van der Waals surface area contributed by atoms with Crippen molar-refractivity contribution in [1.82, 2.24) is 0 Å². The van der Waals surface area contributed by atoms with E-state index >= 15 is 0 Å². The molecule has 0 unspecified atom stereocenters. The number of aryl methyl sites for hydroxylation is 1. The second kappa shape index (κ2) is 5.14. The molecule has 0 aliphatic carbocycles. The third kappa shape index (κ3) is 3.13. The predicted molar refractivity (Wildman–Crippen MR) is 65.4 cm³/mol. The quantitative estimate of drug-likeness (QED) is 0.882. The maximum atomic E-state index is 13.6. The van der Waals surface area contributed by atoms with Crippen LogP contribution in [-0.4, -0.2) is 5.91 Å². The third-order valence-corrected chi connectivity index (χ3v) is 2.49. The second-order valence-corrected chi connectivity index (χ2v) is 4.10. The molecular weight excluding hydrogens is 255 g/mol. The van der Waals surface area contributed by atoms with E-state index in [4.69, 9.17) is 0 Å². The Labute approximate surface area is 107 Å². The van der Waals surface area contributed by atoms with E-state index in [1.165, 1.54) is 12.1 Å². The smallest absolute Gasteiger partial charge is 0.258 e. The number of halogens is 3. The fraction of sp³-hybridized carbons (Fsp3) is 0.0714. The molecule has 0 heterocycles. The van der Waals surface area contributed by atoms with Crippen LogP contribution in [0.2, 0.25) is 0 Å². The fourth-order valence-corrected chi connectivity index (χ4v) is 1.63. The lowest BCUT2D eigenvalue weighted by Crippen LogP contribution is -2.14. The van der Waals surface area contributed by atoms with Gasteiger partial charge in [0, 0.05) is 11.8 Å². The van der Waals surface area contributed by atoms with Crippen LogP contribution >= 0.6 is 0 Å². The second-order valence-electron chi connectivity index (χ2n) is 4.10. The molecule has 0 aliphatic rings. The normalized spacial score (nSPS) is 10.3. The minimum Gasteiger partial charge on any atom is -0.322 e. The molecule has 0 aliphatic heterocycles. The molecule has 0 atom stereocenters. The Hall–Kier alpha value is -2.30. The van der Waals surface area contributed by atoms with E-state index in [1.54, 1.807) is 13.0 Å². The van der Waals surface area contributed by atoms with Gasteiger partial charge < -0.3 is 5.32 Å². The summed E-state index contributed by atoms with van der Waals surface area (Å²) >= 11 is 0. The maximum absolute atomic E-state index is 13.6. The van der Waals surface area contributed by atoms with Crippen molar-refractivity contribution in [2.24, 2.45) is 0 Å². The summed E-state index contributed by atoms with van der Waals surface area (Å²) in [5.41, 5.74) is 0.420. The highest BCUT2D eigenvalue weighted by Crippen LogP contribution is 2.16. The van der Waals surface area contributed by atoms with Gasteiger partial charge >= 0.3 is 0 Å². The van der Waals surface area contributed by atoms with Gasteiger partial charge in [-0.1, -0.05) is 6.07 Å². The Morgan fingerprint density at radius 3 is 2.21 bits per heavy atom. The number of anilines is 1. The number of benzene rings is 2. The zero-order valence-electron chi connectivity index (χ0n) is 10.0. The summed E-state index contributed by atoms with van der Waals surface area (Å²) in [6.07, 6.45) is 0. The molecule has 98 valence electrons.